The first-order valence-electron chi connectivity index (χ1n) is 10.6. The van der Waals surface area contributed by atoms with E-state index in [1.807, 2.05) is 13.8 Å². The fourth-order valence-electron chi connectivity index (χ4n) is 3.08. The lowest BCUT2D eigenvalue weighted by atomic mass is 10.0. The summed E-state index contributed by atoms with van der Waals surface area (Å²) in [5.41, 5.74) is -0.111. The summed E-state index contributed by atoms with van der Waals surface area (Å²) in [5.74, 6) is -1.05. The van der Waals surface area contributed by atoms with Crippen molar-refractivity contribution in [3.8, 4) is 0 Å². The van der Waals surface area contributed by atoms with Gasteiger partial charge in [0.05, 0.1) is 29.2 Å². The van der Waals surface area contributed by atoms with Gasteiger partial charge in [-0.25, -0.2) is 9.18 Å². The van der Waals surface area contributed by atoms with Crippen molar-refractivity contribution in [2.24, 2.45) is 5.92 Å². The Morgan fingerprint density at radius 1 is 1.26 bits per heavy atom. The molecule has 8 heteroatoms. The standard InChI is InChI=1S/C23H33BrFNO4Si/c1-9-29-22(28)16-12-26(19-11-18(25)17(24)10-15(19)21(16)27)20(14(2)3)13-30-31(7,8)23(4,5)6/h10-12,14,20H,9,13H2,1-8H3/t20-/m0/s1. The predicted molar refractivity (Wildman–Crippen MR) is 129 cm³/mol. The van der Waals surface area contributed by atoms with Gasteiger partial charge in [-0.05, 0) is 59.0 Å². The van der Waals surface area contributed by atoms with Crippen LogP contribution in [0.5, 0.6) is 0 Å². The Morgan fingerprint density at radius 3 is 2.39 bits per heavy atom. The zero-order chi connectivity index (χ0) is 23.7. The van der Waals surface area contributed by atoms with Gasteiger partial charge in [-0.1, -0.05) is 34.6 Å². The Labute approximate surface area is 193 Å². The third-order valence-corrected chi connectivity index (χ3v) is 11.2. The minimum Gasteiger partial charge on any atom is -0.462 e. The second-order valence-electron chi connectivity index (χ2n) is 9.67. The van der Waals surface area contributed by atoms with Crippen molar-refractivity contribution in [2.45, 2.75) is 65.7 Å². The molecule has 1 atom stereocenters. The van der Waals surface area contributed by atoms with Gasteiger partial charge in [0.1, 0.15) is 11.4 Å². The number of halogens is 2. The quantitative estimate of drug-likeness (QED) is 0.322. The molecule has 0 bridgehead atoms. The van der Waals surface area contributed by atoms with Crippen molar-refractivity contribution < 1.29 is 18.3 Å². The second-order valence-corrected chi connectivity index (χ2v) is 15.3. The van der Waals surface area contributed by atoms with Crippen LogP contribution in [-0.2, 0) is 9.16 Å². The summed E-state index contributed by atoms with van der Waals surface area (Å²) in [6.07, 6.45) is 1.50. The van der Waals surface area contributed by atoms with Gasteiger partial charge in [0.15, 0.2) is 8.32 Å². The fourth-order valence-corrected chi connectivity index (χ4v) is 4.44. The molecule has 0 N–H and O–H groups in total. The molecule has 1 aromatic carbocycles. The highest BCUT2D eigenvalue weighted by Gasteiger charge is 2.38. The molecule has 5 nitrogen and oxygen atoms in total. The van der Waals surface area contributed by atoms with Crippen LogP contribution in [0.1, 0.15) is 57.9 Å². The molecule has 0 unspecified atom stereocenters. The molecule has 0 saturated carbocycles. The minimum atomic E-state index is -2.04. The lowest BCUT2D eigenvalue weighted by Crippen LogP contribution is -2.42. The average Bonchev–Trinajstić information content (AvgIpc) is 2.64. The van der Waals surface area contributed by atoms with Gasteiger partial charge in [0.25, 0.3) is 0 Å². The number of fused-ring (bicyclic) bond motifs is 1. The molecule has 2 rings (SSSR count). The Bertz CT molecular complexity index is 1030. The maximum absolute atomic E-state index is 14.5. The van der Waals surface area contributed by atoms with Crippen LogP contribution >= 0.6 is 15.9 Å². The summed E-state index contributed by atoms with van der Waals surface area (Å²) in [7, 11) is -2.04. The zero-order valence-electron chi connectivity index (χ0n) is 19.6. The summed E-state index contributed by atoms with van der Waals surface area (Å²) >= 11 is 3.15. The van der Waals surface area contributed by atoms with Gasteiger partial charge in [-0.15, -0.1) is 0 Å². The van der Waals surface area contributed by atoms with Gasteiger partial charge >= 0.3 is 5.97 Å². The average molecular weight is 515 g/mol. The van der Waals surface area contributed by atoms with Crippen LogP contribution in [0.4, 0.5) is 4.39 Å². The van der Waals surface area contributed by atoms with Crippen molar-refractivity contribution in [3.05, 3.63) is 44.4 Å². The number of hydrogen-bond acceptors (Lipinski definition) is 4. The van der Waals surface area contributed by atoms with Crippen LogP contribution in [0.2, 0.25) is 18.1 Å². The van der Waals surface area contributed by atoms with Gasteiger partial charge < -0.3 is 13.7 Å². The lowest BCUT2D eigenvalue weighted by molar-refractivity contribution is 0.0523. The van der Waals surface area contributed by atoms with Gasteiger partial charge in [0.2, 0.25) is 5.43 Å². The van der Waals surface area contributed by atoms with Crippen LogP contribution in [0, 0.1) is 11.7 Å². The topological polar surface area (TPSA) is 57.5 Å². The predicted octanol–water partition coefficient (Wildman–Crippen LogP) is 6.30. The number of aromatic nitrogens is 1. The largest absolute Gasteiger partial charge is 0.462 e. The Balaban J connectivity index is 2.71. The van der Waals surface area contributed by atoms with E-state index in [-0.39, 0.29) is 39.0 Å². The van der Waals surface area contributed by atoms with Crippen LogP contribution in [0.15, 0.2) is 27.6 Å². The lowest BCUT2D eigenvalue weighted by Gasteiger charge is -2.38. The summed E-state index contributed by atoms with van der Waals surface area (Å²) in [6.45, 7) is 17.2. The summed E-state index contributed by atoms with van der Waals surface area (Å²) < 4.78 is 28.0. The highest BCUT2D eigenvalue weighted by Crippen LogP contribution is 2.38. The highest BCUT2D eigenvalue weighted by atomic mass is 79.9. The number of rotatable bonds is 7. The number of esters is 1. The maximum Gasteiger partial charge on any atom is 0.343 e. The Kier molecular flexibility index (Phi) is 7.93. The van der Waals surface area contributed by atoms with E-state index in [1.165, 1.54) is 18.3 Å². The third-order valence-electron chi connectivity index (χ3n) is 6.12. The van der Waals surface area contributed by atoms with Crippen LogP contribution in [-0.4, -0.2) is 32.1 Å². The highest BCUT2D eigenvalue weighted by molar-refractivity contribution is 9.10. The molecule has 0 aliphatic carbocycles. The molecule has 0 spiro atoms. The SMILES string of the molecule is CCOC(=O)c1cn([C@@H](CO[Si](C)(C)C(C)(C)C)C(C)C)c2cc(F)c(Br)cc2c1=O. The molecule has 1 heterocycles. The van der Waals surface area contributed by atoms with Crippen LogP contribution in [0.25, 0.3) is 10.9 Å². The number of carbonyl (C=O) groups is 1. The number of ether oxygens (including phenoxy) is 1. The molecular formula is C23H33BrFNO4Si. The maximum atomic E-state index is 14.5. The number of hydrogen-bond donors (Lipinski definition) is 0. The molecule has 0 fully saturated rings. The van der Waals surface area contributed by atoms with Crippen molar-refractivity contribution >= 4 is 41.1 Å². The monoisotopic (exact) mass is 513 g/mol. The number of nitrogens with zero attached hydrogens (tertiary/aromatic N) is 1. The van der Waals surface area contributed by atoms with Crippen LogP contribution in [0.3, 0.4) is 0 Å². The van der Waals surface area contributed by atoms with Crippen molar-refractivity contribution in [3.63, 3.8) is 0 Å². The van der Waals surface area contributed by atoms with E-state index in [2.05, 4.69) is 49.8 Å². The first-order valence-corrected chi connectivity index (χ1v) is 14.3. The molecule has 31 heavy (non-hydrogen) atoms. The van der Waals surface area contributed by atoms with Crippen molar-refractivity contribution in [1.82, 2.24) is 4.57 Å². The first kappa shape index (κ1) is 25.7. The van der Waals surface area contributed by atoms with Crippen LogP contribution < -0.4 is 5.43 Å². The zero-order valence-corrected chi connectivity index (χ0v) is 22.2. The Morgan fingerprint density at radius 2 is 1.87 bits per heavy atom. The fraction of sp³-hybridized carbons (Fsp3) is 0.565. The molecule has 0 aliphatic heterocycles. The number of pyridine rings is 1. The molecule has 0 aliphatic rings. The van der Waals surface area contributed by atoms with Gasteiger partial charge in [-0.3, -0.25) is 4.79 Å². The Hall–Kier alpha value is -1.51. The molecule has 0 saturated heterocycles. The smallest absolute Gasteiger partial charge is 0.343 e. The molecule has 1 aromatic heterocycles. The van der Waals surface area contributed by atoms with E-state index in [1.54, 1.807) is 11.5 Å². The van der Waals surface area contributed by atoms with E-state index < -0.39 is 25.5 Å². The van der Waals surface area contributed by atoms with Gasteiger partial charge in [0, 0.05) is 11.6 Å². The molecule has 172 valence electrons. The van der Waals surface area contributed by atoms with E-state index in [0.29, 0.717) is 12.1 Å². The molecule has 0 radical (unpaired) electrons. The van der Waals surface area contributed by atoms with Crippen molar-refractivity contribution in [1.29, 1.82) is 0 Å². The minimum absolute atomic E-state index is 0.0349. The third kappa shape index (κ3) is 5.46. The van der Waals surface area contributed by atoms with E-state index in [4.69, 9.17) is 9.16 Å². The second kappa shape index (κ2) is 9.54. The summed E-state index contributed by atoms with van der Waals surface area (Å²) in [6, 6.07) is 2.56. The first-order chi connectivity index (χ1) is 14.2. The molecule has 2 aromatic rings. The van der Waals surface area contributed by atoms with Gasteiger partial charge in [-0.2, -0.15) is 0 Å². The molecular weight excluding hydrogens is 481 g/mol. The number of benzene rings is 1. The van der Waals surface area contributed by atoms with Crippen molar-refractivity contribution in [2.75, 3.05) is 13.2 Å². The summed E-state index contributed by atoms with van der Waals surface area (Å²) in [5, 5.41) is 0.296. The van der Waals surface area contributed by atoms with E-state index in [9.17, 15) is 14.0 Å². The summed E-state index contributed by atoms with van der Waals surface area (Å²) in [4.78, 5) is 25.5. The normalized spacial score (nSPS) is 13.6. The molecule has 0 amide bonds. The number of carbonyl (C=O) groups excluding carboxylic acids is 1. The van der Waals surface area contributed by atoms with E-state index in [0.717, 1.165) is 0 Å². The van der Waals surface area contributed by atoms with E-state index >= 15 is 0 Å².